The van der Waals surface area contributed by atoms with Gasteiger partial charge in [-0.15, -0.1) is 0 Å². The molecule has 1 fully saturated rings. The third-order valence-corrected chi connectivity index (χ3v) is 3.97. The Bertz CT molecular complexity index is 677. The average Bonchev–Trinajstić information content (AvgIpc) is 2.62. The van der Waals surface area contributed by atoms with Crippen molar-refractivity contribution in [2.75, 3.05) is 45.3 Å². The SMILES string of the molecule is CN(C)c1cccc(-c2ccc(C(=O)N3CCOCC3)cn2)c1. The lowest BCUT2D eigenvalue weighted by atomic mass is 10.1. The van der Waals surface area contributed by atoms with E-state index in [9.17, 15) is 4.79 Å². The van der Waals surface area contributed by atoms with E-state index in [1.807, 2.05) is 43.3 Å². The number of aromatic nitrogens is 1. The van der Waals surface area contributed by atoms with Crippen LogP contribution in [0.5, 0.6) is 0 Å². The molecule has 1 aromatic carbocycles. The second kappa shape index (κ2) is 6.79. The Morgan fingerprint density at radius 3 is 2.61 bits per heavy atom. The number of hydrogen-bond acceptors (Lipinski definition) is 4. The predicted octanol–water partition coefficient (Wildman–Crippen LogP) is 2.29. The van der Waals surface area contributed by atoms with Crippen molar-refractivity contribution in [2.45, 2.75) is 0 Å². The molecule has 0 saturated carbocycles. The van der Waals surface area contributed by atoms with Gasteiger partial charge in [0.1, 0.15) is 0 Å². The number of anilines is 1. The van der Waals surface area contributed by atoms with Crippen molar-refractivity contribution in [1.82, 2.24) is 9.88 Å². The van der Waals surface area contributed by atoms with Crippen LogP contribution in [0.4, 0.5) is 5.69 Å². The number of carbonyl (C=O) groups excluding carboxylic acids is 1. The molecule has 0 spiro atoms. The summed E-state index contributed by atoms with van der Waals surface area (Å²) in [6, 6.07) is 11.9. The first-order valence-corrected chi connectivity index (χ1v) is 7.76. The third-order valence-electron chi connectivity index (χ3n) is 3.97. The van der Waals surface area contributed by atoms with Gasteiger partial charge in [-0.1, -0.05) is 12.1 Å². The Morgan fingerprint density at radius 1 is 1.17 bits per heavy atom. The van der Waals surface area contributed by atoms with E-state index >= 15 is 0 Å². The highest BCUT2D eigenvalue weighted by atomic mass is 16.5. The summed E-state index contributed by atoms with van der Waals surface area (Å²) in [5, 5.41) is 0. The van der Waals surface area contributed by atoms with Crippen LogP contribution in [0.2, 0.25) is 0 Å². The van der Waals surface area contributed by atoms with Gasteiger partial charge in [-0.25, -0.2) is 0 Å². The van der Waals surface area contributed by atoms with Gasteiger partial charge in [0.25, 0.3) is 5.91 Å². The fourth-order valence-electron chi connectivity index (χ4n) is 2.58. The maximum absolute atomic E-state index is 12.4. The number of nitrogens with zero attached hydrogens (tertiary/aromatic N) is 3. The van der Waals surface area contributed by atoms with E-state index in [-0.39, 0.29) is 5.91 Å². The Morgan fingerprint density at radius 2 is 1.96 bits per heavy atom. The Kier molecular flexibility index (Phi) is 4.57. The van der Waals surface area contributed by atoms with Gasteiger partial charge in [0, 0.05) is 44.6 Å². The van der Waals surface area contributed by atoms with Gasteiger partial charge in [-0.05, 0) is 24.3 Å². The van der Waals surface area contributed by atoms with E-state index in [2.05, 4.69) is 22.0 Å². The van der Waals surface area contributed by atoms with Gasteiger partial charge in [-0.2, -0.15) is 0 Å². The lowest BCUT2D eigenvalue weighted by Crippen LogP contribution is -2.40. The number of morpholine rings is 1. The maximum Gasteiger partial charge on any atom is 0.255 e. The zero-order chi connectivity index (χ0) is 16.2. The molecule has 0 unspecified atom stereocenters. The molecule has 1 saturated heterocycles. The van der Waals surface area contributed by atoms with Gasteiger partial charge in [-0.3, -0.25) is 9.78 Å². The minimum Gasteiger partial charge on any atom is -0.378 e. The fourth-order valence-corrected chi connectivity index (χ4v) is 2.58. The first-order chi connectivity index (χ1) is 11.1. The molecule has 1 aromatic heterocycles. The number of amides is 1. The van der Waals surface area contributed by atoms with Crippen molar-refractivity contribution < 1.29 is 9.53 Å². The number of ether oxygens (including phenoxy) is 1. The summed E-state index contributed by atoms with van der Waals surface area (Å²) >= 11 is 0. The van der Waals surface area contributed by atoms with E-state index < -0.39 is 0 Å². The predicted molar refractivity (Wildman–Crippen MR) is 90.7 cm³/mol. The fraction of sp³-hybridized carbons (Fsp3) is 0.333. The smallest absolute Gasteiger partial charge is 0.255 e. The highest BCUT2D eigenvalue weighted by molar-refractivity contribution is 5.94. The summed E-state index contributed by atoms with van der Waals surface area (Å²) in [5.41, 5.74) is 3.66. The number of pyridine rings is 1. The molecule has 2 aromatic rings. The van der Waals surface area contributed by atoms with Crippen LogP contribution in [0.1, 0.15) is 10.4 Å². The number of carbonyl (C=O) groups is 1. The molecule has 3 rings (SSSR count). The Balaban J connectivity index is 1.79. The summed E-state index contributed by atoms with van der Waals surface area (Å²) < 4.78 is 5.28. The molecule has 0 N–H and O–H groups in total. The standard InChI is InChI=1S/C18H21N3O2/c1-20(2)16-5-3-4-14(12-16)17-7-6-15(13-19-17)18(22)21-8-10-23-11-9-21/h3-7,12-13H,8-11H2,1-2H3. The molecule has 2 heterocycles. The highest BCUT2D eigenvalue weighted by Gasteiger charge is 2.18. The van der Waals surface area contributed by atoms with Crippen LogP contribution < -0.4 is 4.90 Å². The van der Waals surface area contributed by atoms with Gasteiger partial charge in [0.05, 0.1) is 24.5 Å². The molecular weight excluding hydrogens is 290 g/mol. The second-order valence-electron chi connectivity index (χ2n) is 5.78. The van der Waals surface area contributed by atoms with E-state index in [1.54, 1.807) is 6.20 Å². The topological polar surface area (TPSA) is 45.7 Å². The van der Waals surface area contributed by atoms with Crippen molar-refractivity contribution in [3.05, 3.63) is 48.2 Å². The van der Waals surface area contributed by atoms with Crippen molar-refractivity contribution in [3.8, 4) is 11.3 Å². The first kappa shape index (κ1) is 15.5. The largest absolute Gasteiger partial charge is 0.378 e. The monoisotopic (exact) mass is 311 g/mol. The molecule has 0 bridgehead atoms. The molecule has 1 amide bonds. The normalized spacial score (nSPS) is 14.6. The number of hydrogen-bond donors (Lipinski definition) is 0. The molecule has 5 nitrogen and oxygen atoms in total. The summed E-state index contributed by atoms with van der Waals surface area (Å²) in [7, 11) is 4.02. The lowest BCUT2D eigenvalue weighted by molar-refractivity contribution is 0.0302. The van der Waals surface area contributed by atoms with Crippen molar-refractivity contribution in [3.63, 3.8) is 0 Å². The summed E-state index contributed by atoms with van der Waals surface area (Å²) in [6.07, 6.45) is 1.66. The van der Waals surface area contributed by atoms with Crippen LogP contribution in [0.3, 0.4) is 0 Å². The van der Waals surface area contributed by atoms with Crippen LogP contribution >= 0.6 is 0 Å². The van der Waals surface area contributed by atoms with Crippen molar-refractivity contribution in [1.29, 1.82) is 0 Å². The maximum atomic E-state index is 12.4. The molecule has 0 aliphatic carbocycles. The Labute approximate surface area is 136 Å². The first-order valence-electron chi connectivity index (χ1n) is 7.76. The summed E-state index contributed by atoms with van der Waals surface area (Å²) in [5.74, 6) is 0.0226. The minimum atomic E-state index is 0.0226. The van der Waals surface area contributed by atoms with Crippen LogP contribution in [-0.4, -0.2) is 56.2 Å². The molecule has 120 valence electrons. The van der Waals surface area contributed by atoms with Crippen LogP contribution in [0.25, 0.3) is 11.3 Å². The molecule has 1 aliphatic heterocycles. The van der Waals surface area contributed by atoms with Crippen molar-refractivity contribution in [2.24, 2.45) is 0 Å². The van der Waals surface area contributed by atoms with Crippen LogP contribution in [0.15, 0.2) is 42.6 Å². The van der Waals surface area contributed by atoms with E-state index in [0.29, 0.717) is 31.9 Å². The van der Waals surface area contributed by atoms with Crippen molar-refractivity contribution >= 4 is 11.6 Å². The molecule has 0 radical (unpaired) electrons. The van der Waals surface area contributed by atoms with Gasteiger partial charge in [0.2, 0.25) is 0 Å². The molecular formula is C18H21N3O2. The molecule has 23 heavy (non-hydrogen) atoms. The Hall–Kier alpha value is -2.40. The zero-order valence-electron chi connectivity index (χ0n) is 13.5. The van der Waals surface area contributed by atoms with Gasteiger partial charge in [0.15, 0.2) is 0 Å². The number of rotatable bonds is 3. The number of benzene rings is 1. The van der Waals surface area contributed by atoms with E-state index in [0.717, 1.165) is 16.9 Å². The van der Waals surface area contributed by atoms with Crippen LogP contribution in [0, 0.1) is 0 Å². The summed E-state index contributed by atoms with van der Waals surface area (Å²) in [4.78, 5) is 20.8. The average molecular weight is 311 g/mol. The third kappa shape index (κ3) is 3.51. The quantitative estimate of drug-likeness (QED) is 0.872. The second-order valence-corrected chi connectivity index (χ2v) is 5.78. The van der Waals surface area contributed by atoms with E-state index in [4.69, 9.17) is 4.74 Å². The molecule has 1 aliphatic rings. The minimum absolute atomic E-state index is 0.0226. The lowest BCUT2D eigenvalue weighted by Gasteiger charge is -2.26. The van der Waals surface area contributed by atoms with Gasteiger partial charge >= 0.3 is 0 Å². The molecule has 5 heteroatoms. The summed E-state index contributed by atoms with van der Waals surface area (Å²) in [6.45, 7) is 2.50. The zero-order valence-corrected chi connectivity index (χ0v) is 13.5. The van der Waals surface area contributed by atoms with Gasteiger partial charge < -0.3 is 14.5 Å². The highest BCUT2D eigenvalue weighted by Crippen LogP contribution is 2.22. The van der Waals surface area contributed by atoms with Crippen LogP contribution in [-0.2, 0) is 4.74 Å². The van der Waals surface area contributed by atoms with E-state index in [1.165, 1.54) is 0 Å². The molecule has 0 atom stereocenters.